The Bertz CT molecular complexity index is 1110. The lowest BCUT2D eigenvalue weighted by Crippen LogP contribution is -2.66. The van der Waals surface area contributed by atoms with E-state index < -0.39 is 18.8 Å². The first-order valence-corrected chi connectivity index (χ1v) is 15.6. The summed E-state index contributed by atoms with van der Waals surface area (Å²) in [5.41, 5.74) is 0.792. The van der Waals surface area contributed by atoms with Crippen LogP contribution in [0.1, 0.15) is 45.6 Å². The van der Waals surface area contributed by atoms with E-state index in [0.717, 1.165) is 16.5 Å². The summed E-state index contributed by atoms with van der Waals surface area (Å²) in [6, 6.07) is 28.7. The Morgan fingerprint density at radius 2 is 1.39 bits per heavy atom. The van der Waals surface area contributed by atoms with Crippen molar-refractivity contribution in [2.24, 2.45) is 0 Å². The van der Waals surface area contributed by atoms with Crippen LogP contribution in [0.3, 0.4) is 0 Å². The van der Waals surface area contributed by atoms with Crippen LogP contribution in [0, 0.1) is 11.8 Å². The van der Waals surface area contributed by atoms with E-state index in [9.17, 15) is 5.11 Å². The van der Waals surface area contributed by atoms with Gasteiger partial charge in [0.05, 0.1) is 0 Å². The maximum Gasteiger partial charge on any atom is 0.261 e. The Kier molecular flexibility index (Phi) is 10.3. The molecule has 2 nitrogen and oxygen atoms in total. The second kappa shape index (κ2) is 12.8. The summed E-state index contributed by atoms with van der Waals surface area (Å²) in [5, 5.41) is 13.0. The van der Waals surface area contributed by atoms with Crippen molar-refractivity contribution in [1.82, 2.24) is 0 Å². The lowest BCUT2D eigenvalue weighted by molar-refractivity contribution is 0.203. The number of rotatable bonds is 9. The van der Waals surface area contributed by atoms with Gasteiger partial charge in [0.1, 0.15) is 6.10 Å². The van der Waals surface area contributed by atoms with Crippen molar-refractivity contribution in [3.63, 3.8) is 0 Å². The Morgan fingerprint density at radius 1 is 0.861 bits per heavy atom. The highest BCUT2D eigenvalue weighted by Gasteiger charge is 2.50. The summed E-state index contributed by atoms with van der Waals surface area (Å²) in [4.78, 5) is 0. The first kappa shape index (κ1) is 29.0. The first-order valence-electron chi connectivity index (χ1n) is 12.1. The Labute approximate surface area is 235 Å². The van der Waals surface area contributed by atoms with Crippen molar-refractivity contribution in [2.45, 2.75) is 55.5 Å². The molecule has 0 aliphatic heterocycles. The lowest BCUT2D eigenvalue weighted by Gasteiger charge is -2.43. The second-order valence-corrected chi connectivity index (χ2v) is 16.7. The Balaban J connectivity index is 1.67. The van der Waals surface area contributed by atoms with E-state index in [1.807, 2.05) is 36.4 Å². The summed E-state index contributed by atoms with van der Waals surface area (Å²) >= 11 is 16.4. The predicted molar refractivity (Wildman–Crippen MR) is 159 cm³/mol. The number of aliphatic hydroxyl groups is 1. The van der Waals surface area contributed by atoms with Crippen LogP contribution in [-0.2, 0) is 4.43 Å². The standard InChI is InChI=1S/C30H33BrCl2O2Si/c1-29(2,3)36(26-12-6-4-7-13-26,27-14-8-5-9-15-27)35-23-11-10-22-30(32,33)28(34)21-18-24-16-19-25(31)20-17-24/h4-9,12-17,19-20,28,34H,10-11,22-23H2,1-3H3/t28-/m1/s1. The molecule has 3 rings (SSSR count). The highest BCUT2D eigenvalue weighted by Crippen LogP contribution is 2.37. The molecule has 3 aromatic carbocycles. The first-order chi connectivity index (χ1) is 17.1. The van der Waals surface area contributed by atoms with E-state index in [1.54, 1.807) is 0 Å². The molecule has 0 unspecified atom stereocenters. The van der Waals surface area contributed by atoms with Crippen molar-refractivity contribution in [2.75, 3.05) is 6.61 Å². The fourth-order valence-corrected chi connectivity index (χ4v) is 9.62. The minimum absolute atomic E-state index is 0.0722. The van der Waals surface area contributed by atoms with Gasteiger partial charge in [0, 0.05) is 16.6 Å². The smallest absolute Gasteiger partial charge is 0.261 e. The molecule has 0 fully saturated rings. The highest BCUT2D eigenvalue weighted by molar-refractivity contribution is 9.10. The summed E-state index contributed by atoms with van der Waals surface area (Å²) in [6.07, 6.45) is 0.749. The van der Waals surface area contributed by atoms with Crippen LogP contribution in [0.5, 0.6) is 0 Å². The van der Waals surface area contributed by atoms with Crippen molar-refractivity contribution >= 4 is 57.8 Å². The molecule has 0 heterocycles. The summed E-state index contributed by atoms with van der Waals surface area (Å²) in [5.74, 6) is 5.73. The van der Waals surface area contributed by atoms with Gasteiger partial charge in [-0.3, -0.25) is 0 Å². The van der Waals surface area contributed by atoms with Crippen LogP contribution in [0.4, 0.5) is 0 Å². The van der Waals surface area contributed by atoms with Gasteiger partial charge in [-0.05, 0) is 58.9 Å². The van der Waals surface area contributed by atoms with Gasteiger partial charge < -0.3 is 9.53 Å². The van der Waals surface area contributed by atoms with Gasteiger partial charge in [0.25, 0.3) is 8.32 Å². The SMILES string of the molecule is CC(C)(C)[Si](OCCCCC(Cl)(Cl)[C@H](O)C#Cc1ccc(Br)cc1)(c1ccccc1)c1ccccc1. The Hall–Kier alpha value is -1.58. The van der Waals surface area contributed by atoms with Crippen LogP contribution in [0.2, 0.25) is 5.04 Å². The molecule has 0 amide bonds. The quantitative estimate of drug-likeness (QED) is 0.122. The van der Waals surface area contributed by atoms with E-state index in [1.165, 1.54) is 10.4 Å². The molecule has 0 aromatic heterocycles. The largest absolute Gasteiger partial charge is 0.407 e. The molecular weight excluding hydrogens is 571 g/mol. The van der Waals surface area contributed by atoms with E-state index in [4.69, 9.17) is 27.6 Å². The molecule has 0 bridgehead atoms. The van der Waals surface area contributed by atoms with Gasteiger partial charge in [-0.15, -0.1) is 0 Å². The molecule has 36 heavy (non-hydrogen) atoms. The zero-order valence-electron chi connectivity index (χ0n) is 21.0. The van der Waals surface area contributed by atoms with E-state index in [-0.39, 0.29) is 5.04 Å². The molecule has 0 spiro atoms. The second-order valence-electron chi connectivity index (χ2n) is 9.91. The van der Waals surface area contributed by atoms with Gasteiger partial charge in [-0.25, -0.2) is 0 Å². The third-order valence-electron chi connectivity index (χ3n) is 6.24. The van der Waals surface area contributed by atoms with Gasteiger partial charge >= 0.3 is 0 Å². The van der Waals surface area contributed by atoms with E-state index in [0.29, 0.717) is 19.4 Å². The molecular formula is C30H33BrCl2O2Si. The maximum absolute atomic E-state index is 10.5. The normalized spacial score (nSPS) is 13.1. The van der Waals surface area contributed by atoms with Crippen molar-refractivity contribution in [1.29, 1.82) is 0 Å². The topological polar surface area (TPSA) is 29.5 Å². The van der Waals surface area contributed by atoms with Crippen molar-refractivity contribution in [3.05, 3.63) is 95.0 Å². The number of hydrogen-bond donors (Lipinski definition) is 1. The van der Waals surface area contributed by atoms with Crippen LogP contribution < -0.4 is 10.4 Å². The molecule has 6 heteroatoms. The minimum Gasteiger partial charge on any atom is -0.407 e. The average Bonchev–Trinajstić information content (AvgIpc) is 2.86. The van der Waals surface area contributed by atoms with Gasteiger partial charge in [0.2, 0.25) is 0 Å². The van der Waals surface area contributed by atoms with E-state index >= 15 is 0 Å². The fourth-order valence-electron chi connectivity index (χ4n) is 4.38. The molecule has 0 aliphatic rings. The number of aliphatic hydroxyl groups excluding tert-OH is 1. The summed E-state index contributed by atoms with van der Waals surface area (Å²) in [6.45, 7) is 7.38. The van der Waals surface area contributed by atoms with Gasteiger partial charge in [-0.2, -0.15) is 0 Å². The van der Waals surface area contributed by atoms with Crippen molar-refractivity contribution < 1.29 is 9.53 Å². The number of unbranched alkanes of at least 4 members (excludes halogenated alkanes) is 1. The number of alkyl halides is 2. The van der Waals surface area contributed by atoms with Crippen LogP contribution >= 0.6 is 39.1 Å². The Morgan fingerprint density at radius 3 is 1.89 bits per heavy atom. The van der Waals surface area contributed by atoms with E-state index in [2.05, 4.69) is 97.1 Å². The fraction of sp³-hybridized carbons (Fsp3) is 0.333. The minimum atomic E-state index is -2.56. The molecule has 190 valence electrons. The molecule has 0 aliphatic carbocycles. The van der Waals surface area contributed by atoms with Crippen molar-refractivity contribution in [3.8, 4) is 11.8 Å². The summed E-state index contributed by atoms with van der Waals surface area (Å²) in [7, 11) is -2.56. The van der Waals surface area contributed by atoms with Crippen LogP contribution in [-0.4, -0.2) is 30.5 Å². The van der Waals surface area contributed by atoms with Gasteiger partial charge in [-0.1, -0.05) is 132 Å². The maximum atomic E-state index is 10.5. The molecule has 3 aromatic rings. The summed E-state index contributed by atoms with van der Waals surface area (Å²) < 4.78 is 6.54. The zero-order valence-corrected chi connectivity index (χ0v) is 25.1. The molecule has 1 N–H and O–H groups in total. The molecule has 0 radical (unpaired) electrons. The third-order valence-corrected chi connectivity index (χ3v) is 12.6. The third kappa shape index (κ3) is 7.25. The highest BCUT2D eigenvalue weighted by atomic mass is 79.9. The zero-order chi connectivity index (χ0) is 26.2. The average molecular weight is 604 g/mol. The predicted octanol–water partition coefficient (Wildman–Crippen LogP) is 7.08. The van der Waals surface area contributed by atoms with Crippen LogP contribution in [0.25, 0.3) is 0 Å². The lowest BCUT2D eigenvalue weighted by atomic mass is 10.1. The monoisotopic (exact) mass is 602 g/mol. The number of benzene rings is 3. The van der Waals surface area contributed by atoms with Gasteiger partial charge in [0.15, 0.2) is 4.33 Å². The number of halogens is 3. The molecule has 0 saturated heterocycles. The molecule has 1 atom stereocenters. The number of hydrogen-bond acceptors (Lipinski definition) is 2. The molecule has 0 saturated carbocycles. The van der Waals surface area contributed by atoms with Crippen LogP contribution in [0.15, 0.2) is 89.4 Å².